The lowest BCUT2D eigenvalue weighted by Gasteiger charge is -2.29. The van der Waals surface area contributed by atoms with E-state index in [0.717, 1.165) is 54.0 Å². The molecule has 244 valence electrons. The largest absolute Gasteiger partial charge is 0.480 e. The second kappa shape index (κ2) is 16.4. The van der Waals surface area contributed by atoms with Crippen LogP contribution in [0, 0.1) is 11.3 Å². The topological polar surface area (TPSA) is 210 Å². The second-order valence-corrected chi connectivity index (χ2v) is 12.1. The summed E-state index contributed by atoms with van der Waals surface area (Å²) in [5, 5.41) is 25.3. The summed E-state index contributed by atoms with van der Waals surface area (Å²) >= 11 is 0. The first kappa shape index (κ1) is 34.0. The van der Waals surface area contributed by atoms with Crippen LogP contribution in [-0.2, 0) is 20.8 Å². The standard InChI is InChI=1S/C35H45N7O4/c36-31(37)25-14-12-23(13-15-25)19-28(27-17-16-24-9-4-5-10-26(24)21-27)32(43)42-30(20-22-7-2-1-3-8-22)33(44)41-29(34(45)46)11-6-18-40-35(38)39/h4-5,9-10,12-17,21-22,28-30H,1-3,6-8,11,18-20H2,(H3,36,37)(H,41,44)(H,42,43)(H,45,46)(H4,38,39,40)/t28?,29-,30-/m0/s1. The number of amides is 2. The van der Waals surface area contributed by atoms with Gasteiger partial charge < -0.3 is 32.9 Å². The third kappa shape index (κ3) is 9.79. The van der Waals surface area contributed by atoms with E-state index in [1.807, 2.05) is 54.6 Å². The maximum absolute atomic E-state index is 14.2. The molecule has 3 aromatic rings. The predicted molar refractivity (Wildman–Crippen MR) is 180 cm³/mol. The second-order valence-electron chi connectivity index (χ2n) is 12.1. The summed E-state index contributed by atoms with van der Waals surface area (Å²) in [5.74, 6) is -2.51. The smallest absolute Gasteiger partial charge is 0.326 e. The van der Waals surface area contributed by atoms with E-state index in [1.54, 1.807) is 12.1 Å². The van der Waals surface area contributed by atoms with Crippen LogP contribution in [0.4, 0.5) is 0 Å². The maximum atomic E-state index is 14.2. The highest BCUT2D eigenvalue weighted by Crippen LogP contribution is 2.29. The molecule has 1 aliphatic carbocycles. The third-order valence-corrected chi connectivity index (χ3v) is 8.68. The summed E-state index contributed by atoms with van der Waals surface area (Å²) in [4.78, 5) is 43.9. The lowest BCUT2D eigenvalue weighted by atomic mass is 9.84. The van der Waals surface area contributed by atoms with Crippen LogP contribution in [0.15, 0.2) is 71.7 Å². The van der Waals surface area contributed by atoms with Gasteiger partial charge in [-0.1, -0.05) is 98.8 Å². The van der Waals surface area contributed by atoms with Crippen LogP contribution in [0.25, 0.3) is 10.8 Å². The number of nitrogens with one attached hydrogen (secondary N) is 3. The van der Waals surface area contributed by atoms with Crippen LogP contribution in [-0.4, -0.2) is 53.3 Å². The van der Waals surface area contributed by atoms with Gasteiger partial charge in [-0.2, -0.15) is 0 Å². The highest BCUT2D eigenvalue weighted by molar-refractivity contribution is 5.95. The molecule has 11 heteroatoms. The molecule has 0 spiro atoms. The van der Waals surface area contributed by atoms with E-state index in [-0.39, 0.29) is 36.6 Å². The zero-order valence-corrected chi connectivity index (χ0v) is 26.1. The zero-order valence-electron chi connectivity index (χ0n) is 26.1. The fourth-order valence-corrected chi connectivity index (χ4v) is 6.14. The number of nitrogens with zero attached hydrogens (tertiary/aromatic N) is 1. The van der Waals surface area contributed by atoms with E-state index in [2.05, 4.69) is 15.6 Å². The van der Waals surface area contributed by atoms with Crippen molar-refractivity contribution in [1.82, 2.24) is 10.6 Å². The Morgan fingerprint density at radius 2 is 1.54 bits per heavy atom. The number of hydrogen-bond acceptors (Lipinski definition) is 5. The first-order chi connectivity index (χ1) is 22.1. The molecule has 0 aliphatic heterocycles. The summed E-state index contributed by atoms with van der Waals surface area (Å²) in [6.07, 6.45) is 6.45. The quantitative estimate of drug-likeness (QED) is 0.0756. The molecule has 0 bridgehead atoms. The number of carboxylic acid groups (broad SMARTS) is 1. The first-order valence-corrected chi connectivity index (χ1v) is 15.9. The van der Waals surface area contributed by atoms with Crippen molar-refractivity contribution in [2.24, 2.45) is 28.1 Å². The number of aliphatic carboxylic acids is 1. The zero-order chi connectivity index (χ0) is 33.1. The Morgan fingerprint density at radius 3 is 2.20 bits per heavy atom. The molecule has 4 rings (SSSR count). The van der Waals surface area contributed by atoms with Crippen molar-refractivity contribution in [3.05, 3.63) is 83.4 Å². The summed E-state index contributed by atoms with van der Waals surface area (Å²) in [5.41, 5.74) is 18.7. The summed E-state index contributed by atoms with van der Waals surface area (Å²) in [6.45, 7) is 0.241. The highest BCUT2D eigenvalue weighted by atomic mass is 16.4. The Morgan fingerprint density at radius 1 is 0.870 bits per heavy atom. The van der Waals surface area contributed by atoms with E-state index >= 15 is 0 Å². The van der Waals surface area contributed by atoms with Crippen molar-refractivity contribution >= 4 is 40.4 Å². The first-order valence-electron chi connectivity index (χ1n) is 15.9. The summed E-state index contributed by atoms with van der Waals surface area (Å²) in [6, 6.07) is 19.0. The monoisotopic (exact) mass is 627 g/mol. The molecule has 1 fully saturated rings. The number of benzene rings is 3. The lowest BCUT2D eigenvalue weighted by molar-refractivity contribution is -0.142. The Balaban J connectivity index is 1.60. The molecule has 1 saturated carbocycles. The minimum absolute atomic E-state index is 0.0390. The average molecular weight is 628 g/mol. The molecule has 3 atom stereocenters. The van der Waals surface area contributed by atoms with Crippen LogP contribution < -0.4 is 27.8 Å². The van der Waals surface area contributed by atoms with Crippen molar-refractivity contribution < 1.29 is 19.5 Å². The van der Waals surface area contributed by atoms with Gasteiger partial charge >= 0.3 is 5.97 Å². The van der Waals surface area contributed by atoms with Crippen LogP contribution in [0.3, 0.4) is 0 Å². The molecule has 0 aromatic heterocycles. The van der Waals surface area contributed by atoms with Gasteiger partial charge in [-0.05, 0) is 53.5 Å². The lowest BCUT2D eigenvalue weighted by Crippen LogP contribution is -2.53. The van der Waals surface area contributed by atoms with Gasteiger partial charge in [0.2, 0.25) is 11.8 Å². The number of aliphatic imine (C=N–C) groups is 1. The van der Waals surface area contributed by atoms with Gasteiger partial charge in [0.05, 0.1) is 5.92 Å². The molecule has 2 amide bonds. The Kier molecular flexibility index (Phi) is 12.1. The fourth-order valence-electron chi connectivity index (χ4n) is 6.14. The number of fused-ring (bicyclic) bond motifs is 1. The molecule has 3 aromatic carbocycles. The number of nitrogens with two attached hydrogens (primary N) is 3. The number of guanidine groups is 1. The predicted octanol–water partition coefficient (Wildman–Crippen LogP) is 3.53. The summed E-state index contributed by atoms with van der Waals surface area (Å²) < 4.78 is 0. The average Bonchev–Trinajstić information content (AvgIpc) is 3.04. The number of hydrogen-bond donors (Lipinski definition) is 7. The van der Waals surface area contributed by atoms with Crippen LogP contribution in [0.1, 0.15) is 74.0 Å². The molecule has 10 N–H and O–H groups in total. The fraction of sp³-hybridized carbons (Fsp3) is 0.400. The van der Waals surface area contributed by atoms with Gasteiger partial charge in [0.1, 0.15) is 17.9 Å². The van der Waals surface area contributed by atoms with Gasteiger partial charge in [0, 0.05) is 12.1 Å². The van der Waals surface area contributed by atoms with Gasteiger partial charge in [-0.3, -0.25) is 20.0 Å². The van der Waals surface area contributed by atoms with E-state index in [1.165, 1.54) is 0 Å². The molecule has 46 heavy (non-hydrogen) atoms. The molecule has 0 radical (unpaired) electrons. The van der Waals surface area contributed by atoms with E-state index in [0.29, 0.717) is 24.8 Å². The van der Waals surface area contributed by atoms with Crippen molar-refractivity contribution in [2.75, 3.05) is 6.54 Å². The van der Waals surface area contributed by atoms with E-state index in [4.69, 9.17) is 22.6 Å². The molecule has 1 aliphatic rings. The van der Waals surface area contributed by atoms with Crippen molar-refractivity contribution in [2.45, 2.75) is 75.8 Å². The van der Waals surface area contributed by atoms with Crippen LogP contribution in [0.5, 0.6) is 0 Å². The van der Waals surface area contributed by atoms with Crippen molar-refractivity contribution in [3.8, 4) is 0 Å². The highest BCUT2D eigenvalue weighted by Gasteiger charge is 2.32. The minimum Gasteiger partial charge on any atom is -0.480 e. The number of carbonyl (C=O) groups excluding carboxylic acids is 2. The van der Waals surface area contributed by atoms with Crippen molar-refractivity contribution in [1.29, 1.82) is 5.41 Å². The van der Waals surface area contributed by atoms with Gasteiger partial charge in [0.25, 0.3) is 0 Å². The van der Waals surface area contributed by atoms with Gasteiger partial charge in [-0.15, -0.1) is 0 Å². The van der Waals surface area contributed by atoms with E-state index in [9.17, 15) is 19.5 Å². The SMILES string of the molecule is N=C(N)c1ccc(CC(C(=O)N[C@@H](CC2CCCCC2)C(=O)N[C@@H](CCCN=C(N)N)C(=O)O)c2ccc3ccccc3c2)cc1. The Labute approximate surface area is 269 Å². The maximum Gasteiger partial charge on any atom is 0.326 e. The van der Waals surface area contributed by atoms with Gasteiger partial charge in [-0.25, -0.2) is 4.79 Å². The number of rotatable bonds is 15. The van der Waals surface area contributed by atoms with E-state index < -0.39 is 29.9 Å². The molecule has 1 unspecified atom stereocenters. The molecule has 11 nitrogen and oxygen atoms in total. The molecular weight excluding hydrogens is 582 g/mol. The number of amidine groups is 1. The van der Waals surface area contributed by atoms with Crippen LogP contribution in [0.2, 0.25) is 0 Å². The molecule has 0 saturated heterocycles. The Hall–Kier alpha value is -4.93. The molecule has 0 heterocycles. The number of carbonyl (C=O) groups is 3. The number of nitrogen functional groups attached to an aromatic ring is 1. The number of carboxylic acids is 1. The normalized spacial score (nSPS) is 15.3. The minimum atomic E-state index is -1.16. The third-order valence-electron chi connectivity index (χ3n) is 8.68. The van der Waals surface area contributed by atoms with Crippen LogP contribution >= 0.6 is 0 Å². The van der Waals surface area contributed by atoms with Gasteiger partial charge in [0.15, 0.2) is 5.96 Å². The van der Waals surface area contributed by atoms with Crippen molar-refractivity contribution in [3.63, 3.8) is 0 Å². The molecular formula is C35H45N7O4. The summed E-state index contributed by atoms with van der Waals surface area (Å²) in [7, 11) is 0. The Bertz CT molecular complexity index is 1550.